The summed E-state index contributed by atoms with van der Waals surface area (Å²) in [6.07, 6.45) is 2.14. The van der Waals surface area contributed by atoms with Crippen LogP contribution in [0, 0.1) is 19.7 Å². The van der Waals surface area contributed by atoms with Crippen LogP contribution in [0.15, 0.2) is 36.4 Å². The number of benzene rings is 2. The number of para-hydroxylation sites is 1. The third-order valence-electron chi connectivity index (χ3n) is 4.70. The van der Waals surface area contributed by atoms with Gasteiger partial charge in [0.25, 0.3) is 5.91 Å². The second kappa shape index (κ2) is 7.84. The van der Waals surface area contributed by atoms with Gasteiger partial charge in [-0.05, 0) is 57.0 Å². The Labute approximate surface area is 163 Å². The summed E-state index contributed by atoms with van der Waals surface area (Å²) in [5.74, 6) is -1.30. The van der Waals surface area contributed by atoms with Gasteiger partial charge in [0.1, 0.15) is 12.0 Å². The molecule has 28 heavy (non-hydrogen) atoms. The molecule has 0 saturated heterocycles. The van der Waals surface area contributed by atoms with Gasteiger partial charge in [0.2, 0.25) is 0 Å². The van der Waals surface area contributed by atoms with Crippen molar-refractivity contribution >= 4 is 29.3 Å². The largest absolute Gasteiger partial charge is 0.463 e. The first-order valence-electron chi connectivity index (χ1n) is 9.18. The number of rotatable bonds is 4. The number of nitrogens with one attached hydrogen (secondary N) is 1. The predicted molar refractivity (Wildman–Crippen MR) is 108 cm³/mol. The number of ether oxygens (including phenoxy) is 1. The zero-order valence-corrected chi connectivity index (χ0v) is 16.4. The Hall–Kier alpha value is -3.15. The Kier molecular flexibility index (Phi) is 5.49. The van der Waals surface area contributed by atoms with Crippen molar-refractivity contribution in [3.8, 4) is 0 Å². The first-order valence-corrected chi connectivity index (χ1v) is 9.18. The predicted octanol–water partition coefficient (Wildman–Crippen LogP) is 4.44. The molecular formula is C22H23FN2O3. The first kappa shape index (κ1) is 19.6. The van der Waals surface area contributed by atoms with Crippen LogP contribution in [-0.2, 0) is 9.53 Å². The molecule has 3 rings (SSSR count). The summed E-state index contributed by atoms with van der Waals surface area (Å²) in [6.45, 7) is 7.70. The Morgan fingerprint density at radius 1 is 1.29 bits per heavy atom. The molecule has 0 aliphatic carbocycles. The summed E-state index contributed by atoms with van der Waals surface area (Å²) in [6, 6.07) is 8.60. The van der Waals surface area contributed by atoms with Crippen LogP contribution in [0.3, 0.4) is 0 Å². The number of aryl methyl sites for hydroxylation is 2. The van der Waals surface area contributed by atoms with Gasteiger partial charge < -0.3 is 10.1 Å². The second-order valence-corrected chi connectivity index (χ2v) is 6.74. The minimum atomic E-state index is -0.560. The highest BCUT2D eigenvalue weighted by Gasteiger charge is 2.33. The van der Waals surface area contributed by atoms with E-state index >= 15 is 0 Å². The molecule has 1 aliphatic rings. The third kappa shape index (κ3) is 3.63. The van der Waals surface area contributed by atoms with E-state index in [1.54, 1.807) is 11.8 Å². The Balaban J connectivity index is 2.03. The van der Waals surface area contributed by atoms with Gasteiger partial charge in [-0.3, -0.25) is 9.69 Å². The molecule has 1 N–H and O–H groups in total. The van der Waals surface area contributed by atoms with Crippen molar-refractivity contribution in [2.24, 2.45) is 0 Å². The molecule has 1 heterocycles. The first-order chi connectivity index (χ1) is 13.3. The summed E-state index contributed by atoms with van der Waals surface area (Å²) in [5, 5.41) is 3.20. The van der Waals surface area contributed by atoms with Gasteiger partial charge in [-0.2, -0.15) is 0 Å². The van der Waals surface area contributed by atoms with Gasteiger partial charge in [0.05, 0.1) is 23.5 Å². The second-order valence-electron chi connectivity index (χ2n) is 6.74. The normalized spacial score (nSPS) is 16.1. The Bertz CT molecular complexity index is 948. The van der Waals surface area contributed by atoms with Crippen molar-refractivity contribution in [3.63, 3.8) is 0 Å². The van der Waals surface area contributed by atoms with Crippen LogP contribution in [0.1, 0.15) is 40.9 Å². The number of fused-ring (bicyclic) bond motifs is 1. The van der Waals surface area contributed by atoms with Crippen molar-refractivity contribution in [2.45, 2.75) is 33.9 Å². The lowest BCUT2D eigenvalue weighted by molar-refractivity contribution is -0.137. The molecule has 0 aromatic heterocycles. The number of carbonyl (C=O) groups is 2. The van der Waals surface area contributed by atoms with Crippen molar-refractivity contribution in [2.75, 3.05) is 16.8 Å². The minimum absolute atomic E-state index is 0.151. The van der Waals surface area contributed by atoms with Crippen molar-refractivity contribution < 1.29 is 18.7 Å². The van der Waals surface area contributed by atoms with Gasteiger partial charge in [0.15, 0.2) is 0 Å². The quantitative estimate of drug-likeness (QED) is 0.627. The van der Waals surface area contributed by atoms with E-state index in [2.05, 4.69) is 5.32 Å². The van der Waals surface area contributed by atoms with Crippen molar-refractivity contribution in [1.29, 1.82) is 0 Å². The fraction of sp³-hybridized carbons (Fsp3) is 0.273. The summed E-state index contributed by atoms with van der Waals surface area (Å²) in [5.41, 5.74) is 3.74. The number of carbonyl (C=O) groups excluding carboxylic acids is 2. The summed E-state index contributed by atoms with van der Waals surface area (Å²) < 4.78 is 19.3. The maximum atomic E-state index is 14.4. The number of nitrogens with zero attached hydrogens (tertiary/aromatic N) is 1. The van der Waals surface area contributed by atoms with Crippen molar-refractivity contribution in [1.82, 2.24) is 0 Å². The van der Waals surface area contributed by atoms with Crippen LogP contribution in [-0.4, -0.2) is 24.6 Å². The molecule has 1 amide bonds. The standard InChI is InChI=1S/C22H23FN2O3/c1-5-28-20(26)10-9-16-11-17-19(12-18(16)23)24-15(4)25(22(17)27)21-13(2)7-6-8-14(21)3/h6-12,15,24H,5H2,1-4H3. The molecular weight excluding hydrogens is 359 g/mol. The van der Waals surface area contributed by atoms with Crippen molar-refractivity contribution in [3.05, 3.63) is 64.5 Å². The Morgan fingerprint density at radius 2 is 1.96 bits per heavy atom. The molecule has 0 spiro atoms. The highest BCUT2D eigenvalue weighted by Crippen LogP contribution is 2.34. The highest BCUT2D eigenvalue weighted by molar-refractivity contribution is 6.13. The number of hydrogen-bond donors (Lipinski definition) is 1. The lowest BCUT2D eigenvalue weighted by Crippen LogP contribution is -2.48. The van der Waals surface area contributed by atoms with E-state index in [-0.39, 0.29) is 24.2 Å². The molecule has 0 saturated carbocycles. The van der Waals surface area contributed by atoms with Crippen LogP contribution >= 0.6 is 0 Å². The van der Waals surface area contributed by atoms with E-state index in [1.165, 1.54) is 18.2 Å². The minimum Gasteiger partial charge on any atom is -0.463 e. The summed E-state index contributed by atoms with van der Waals surface area (Å²) in [4.78, 5) is 26.5. The molecule has 1 unspecified atom stereocenters. The van der Waals surface area contributed by atoms with E-state index in [9.17, 15) is 14.0 Å². The van der Waals surface area contributed by atoms with Gasteiger partial charge in [0, 0.05) is 11.6 Å². The summed E-state index contributed by atoms with van der Waals surface area (Å²) in [7, 11) is 0. The number of halogens is 1. The average Bonchev–Trinajstić information content (AvgIpc) is 2.63. The monoisotopic (exact) mass is 382 g/mol. The maximum absolute atomic E-state index is 14.4. The number of amides is 1. The summed E-state index contributed by atoms with van der Waals surface area (Å²) >= 11 is 0. The van der Waals surface area contributed by atoms with Crippen LogP contribution in [0.4, 0.5) is 15.8 Å². The van der Waals surface area contributed by atoms with E-state index in [1.807, 2.05) is 39.0 Å². The fourth-order valence-electron chi connectivity index (χ4n) is 3.44. The topological polar surface area (TPSA) is 58.6 Å². The smallest absolute Gasteiger partial charge is 0.330 e. The Morgan fingerprint density at radius 3 is 2.61 bits per heavy atom. The van der Waals surface area contributed by atoms with Gasteiger partial charge in [-0.25, -0.2) is 9.18 Å². The van der Waals surface area contributed by atoms with Crippen LogP contribution in [0.2, 0.25) is 0 Å². The van der Waals surface area contributed by atoms with Gasteiger partial charge in [-0.1, -0.05) is 18.2 Å². The zero-order valence-electron chi connectivity index (χ0n) is 16.4. The van der Waals surface area contributed by atoms with Gasteiger partial charge >= 0.3 is 5.97 Å². The lowest BCUT2D eigenvalue weighted by atomic mass is 10.0. The SMILES string of the molecule is CCOC(=O)C=Cc1cc2c(cc1F)NC(C)N(c1c(C)cccc1C)C2=O. The van der Waals surface area contributed by atoms with E-state index in [0.717, 1.165) is 22.9 Å². The van der Waals surface area contributed by atoms with E-state index in [0.29, 0.717) is 11.3 Å². The maximum Gasteiger partial charge on any atom is 0.330 e. The average molecular weight is 382 g/mol. The molecule has 6 heteroatoms. The molecule has 146 valence electrons. The van der Waals surface area contributed by atoms with Gasteiger partial charge in [-0.15, -0.1) is 0 Å². The third-order valence-corrected chi connectivity index (χ3v) is 4.70. The van der Waals surface area contributed by atoms with Crippen LogP contribution in [0.5, 0.6) is 0 Å². The number of esters is 1. The number of hydrogen-bond acceptors (Lipinski definition) is 4. The molecule has 1 aliphatic heterocycles. The zero-order chi connectivity index (χ0) is 20.4. The van der Waals surface area contributed by atoms with E-state index in [4.69, 9.17) is 4.74 Å². The molecule has 0 radical (unpaired) electrons. The molecule has 2 aromatic carbocycles. The molecule has 1 atom stereocenters. The van der Waals surface area contributed by atoms with Crippen LogP contribution in [0.25, 0.3) is 6.08 Å². The molecule has 5 nitrogen and oxygen atoms in total. The number of anilines is 2. The highest BCUT2D eigenvalue weighted by atomic mass is 19.1. The van der Waals surface area contributed by atoms with Crippen LogP contribution < -0.4 is 10.2 Å². The fourth-order valence-corrected chi connectivity index (χ4v) is 3.44. The molecule has 2 aromatic rings. The molecule has 0 bridgehead atoms. The molecule has 0 fully saturated rings. The van der Waals surface area contributed by atoms with E-state index < -0.39 is 11.8 Å². The lowest BCUT2D eigenvalue weighted by Gasteiger charge is -2.37.